The van der Waals surface area contributed by atoms with Gasteiger partial charge in [-0.15, -0.1) is 0 Å². The molecule has 3 rings (SSSR count). The molecule has 1 saturated carbocycles. The minimum absolute atomic E-state index is 0.196. The van der Waals surface area contributed by atoms with E-state index >= 15 is 0 Å². The highest BCUT2D eigenvalue weighted by atomic mass is 16.5. The maximum absolute atomic E-state index is 10.9. The summed E-state index contributed by atoms with van der Waals surface area (Å²) in [6, 6.07) is 5.90. The Labute approximate surface area is 127 Å². The summed E-state index contributed by atoms with van der Waals surface area (Å²) in [6.07, 6.45) is 5.27. The monoisotopic (exact) mass is 290 g/mol. The molecule has 1 heterocycles. The third kappa shape index (κ3) is 3.03. The first-order valence-electron chi connectivity index (χ1n) is 8.15. The number of fused-ring (bicyclic) bond motifs is 1. The molecule has 3 nitrogen and oxygen atoms in total. The zero-order valence-electron chi connectivity index (χ0n) is 13.1. The molecule has 1 aliphatic carbocycles. The highest BCUT2D eigenvalue weighted by Gasteiger charge is 2.37. The summed E-state index contributed by atoms with van der Waals surface area (Å²) in [5.74, 6) is 1.89. The van der Waals surface area contributed by atoms with Crippen LogP contribution in [0.5, 0.6) is 11.5 Å². The van der Waals surface area contributed by atoms with Crippen LogP contribution in [0.25, 0.3) is 0 Å². The Morgan fingerprint density at radius 1 is 1.10 bits per heavy atom. The second kappa shape index (κ2) is 5.88. The van der Waals surface area contributed by atoms with E-state index in [-0.39, 0.29) is 5.41 Å². The van der Waals surface area contributed by atoms with Crippen molar-refractivity contribution in [2.45, 2.75) is 52.1 Å². The van der Waals surface area contributed by atoms with E-state index in [4.69, 9.17) is 9.47 Å². The first-order chi connectivity index (χ1) is 10.1. The Hall–Kier alpha value is -1.22. The highest BCUT2D eigenvalue weighted by Crippen LogP contribution is 2.47. The van der Waals surface area contributed by atoms with Gasteiger partial charge in [0.05, 0.1) is 19.3 Å². The summed E-state index contributed by atoms with van der Waals surface area (Å²) < 4.78 is 11.4. The first kappa shape index (κ1) is 14.7. The quantitative estimate of drug-likeness (QED) is 0.891. The van der Waals surface area contributed by atoms with Crippen LogP contribution in [0.4, 0.5) is 0 Å². The lowest BCUT2D eigenvalue weighted by atomic mass is 9.65. The van der Waals surface area contributed by atoms with Crippen LogP contribution in [0.1, 0.15) is 57.6 Å². The zero-order chi connectivity index (χ0) is 14.9. The van der Waals surface area contributed by atoms with E-state index < -0.39 is 6.10 Å². The average molecular weight is 290 g/mol. The molecule has 0 saturated heterocycles. The first-order valence-corrected chi connectivity index (χ1v) is 8.15. The number of aliphatic hydroxyl groups is 1. The minimum Gasteiger partial charge on any atom is -0.490 e. The fourth-order valence-corrected chi connectivity index (χ4v) is 3.70. The topological polar surface area (TPSA) is 38.7 Å². The van der Waals surface area contributed by atoms with Crippen LogP contribution >= 0.6 is 0 Å². The molecule has 21 heavy (non-hydrogen) atoms. The molecule has 3 heteroatoms. The van der Waals surface area contributed by atoms with Crippen LogP contribution < -0.4 is 9.47 Å². The van der Waals surface area contributed by atoms with Crippen LogP contribution in [0, 0.1) is 11.3 Å². The van der Waals surface area contributed by atoms with Gasteiger partial charge in [-0.25, -0.2) is 0 Å². The highest BCUT2D eigenvalue weighted by molar-refractivity contribution is 5.44. The molecule has 0 radical (unpaired) electrons. The van der Waals surface area contributed by atoms with Gasteiger partial charge in [0.15, 0.2) is 11.5 Å². The van der Waals surface area contributed by atoms with Crippen LogP contribution in [0.15, 0.2) is 18.2 Å². The molecule has 116 valence electrons. The summed E-state index contributed by atoms with van der Waals surface area (Å²) >= 11 is 0. The number of ether oxygens (including phenoxy) is 2. The molecule has 1 N–H and O–H groups in total. The molecule has 0 aromatic heterocycles. The fraction of sp³-hybridized carbons (Fsp3) is 0.667. The van der Waals surface area contributed by atoms with Gasteiger partial charge < -0.3 is 14.6 Å². The van der Waals surface area contributed by atoms with Crippen LogP contribution in [-0.2, 0) is 0 Å². The fourth-order valence-electron chi connectivity index (χ4n) is 3.70. The van der Waals surface area contributed by atoms with Gasteiger partial charge in [0, 0.05) is 6.42 Å². The van der Waals surface area contributed by atoms with Crippen molar-refractivity contribution in [1.82, 2.24) is 0 Å². The molecule has 1 fully saturated rings. The maximum Gasteiger partial charge on any atom is 0.161 e. The van der Waals surface area contributed by atoms with Crippen LogP contribution in [0.3, 0.4) is 0 Å². The molecule has 0 bridgehead atoms. The van der Waals surface area contributed by atoms with E-state index in [1.807, 2.05) is 18.2 Å². The van der Waals surface area contributed by atoms with Crippen molar-refractivity contribution in [2.24, 2.45) is 11.3 Å². The van der Waals surface area contributed by atoms with E-state index in [1.54, 1.807) is 0 Å². The van der Waals surface area contributed by atoms with Gasteiger partial charge in [-0.1, -0.05) is 32.8 Å². The smallest absolute Gasteiger partial charge is 0.161 e. The van der Waals surface area contributed by atoms with Gasteiger partial charge in [0.25, 0.3) is 0 Å². The Balaban J connectivity index is 1.84. The molecule has 2 aliphatic rings. The van der Waals surface area contributed by atoms with E-state index in [2.05, 4.69) is 13.8 Å². The third-order valence-electron chi connectivity index (χ3n) is 5.08. The minimum atomic E-state index is -0.419. The van der Waals surface area contributed by atoms with Crippen molar-refractivity contribution in [3.63, 3.8) is 0 Å². The summed E-state index contributed by atoms with van der Waals surface area (Å²) in [5.41, 5.74) is 1.15. The van der Waals surface area contributed by atoms with Crippen LogP contribution in [-0.4, -0.2) is 18.3 Å². The number of benzene rings is 1. The molecule has 1 aromatic rings. The second-order valence-electron chi connectivity index (χ2n) is 7.04. The Bertz CT molecular complexity index is 495. The number of aliphatic hydroxyl groups excluding tert-OH is 1. The normalized spacial score (nSPS) is 26.0. The molecule has 1 aliphatic heterocycles. The predicted octanol–water partition coefficient (Wildman–Crippen LogP) is 4.10. The summed E-state index contributed by atoms with van der Waals surface area (Å²) in [6.45, 7) is 5.94. The molecular weight excluding hydrogens is 264 g/mol. The lowest BCUT2D eigenvalue weighted by Gasteiger charge is -2.41. The zero-order valence-corrected chi connectivity index (χ0v) is 13.1. The lowest BCUT2D eigenvalue weighted by Crippen LogP contribution is -2.32. The van der Waals surface area contributed by atoms with Crippen molar-refractivity contribution in [1.29, 1.82) is 0 Å². The largest absolute Gasteiger partial charge is 0.490 e. The van der Waals surface area contributed by atoms with Crippen LogP contribution in [0.2, 0.25) is 0 Å². The van der Waals surface area contributed by atoms with Gasteiger partial charge in [0.1, 0.15) is 0 Å². The summed E-state index contributed by atoms with van der Waals surface area (Å²) in [7, 11) is 0. The van der Waals surface area contributed by atoms with Crippen molar-refractivity contribution < 1.29 is 14.6 Å². The van der Waals surface area contributed by atoms with Gasteiger partial charge >= 0.3 is 0 Å². The van der Waals surface area contributed by atoms with Gasteiger partial charge in [-0.3, -0.25) is 0 Å². The third-order valence-corrected chi connectivity index (χ3v) is 5.08. The molecular formula is C18H26O3. The Kier molecular flexibility index (Phi) is 4.12. The number of rotatable bonds is 2. The molecule has 0 spiro atoms. The maximum atomic E-state index is 10.9. The SMILES string of the molecule is CC1(C)CCCCC1C(O)c1ccc2c(c1)OCCCO2. The van der Waals surface area contributed by atoms with Gasteiger partial charge in [-0.2, -0.15) is 0 Å². The second-order valence-corrected chi connectivity index (χ2v) is 7.04. The van der Waals surface area contributed by atoms with Gasteiger partial charge in [-0.05, 0) is 41.9 Å². The Morgan fingerprint density at radius 3 is 2.62 bits per heavy atom. The van der Waals surface area contributed by atoms with Crippen molar-refractivity contribution >= 4 is 0 Å². The summed E-state index contributed by atoms with van der Waals surface area (Å²) in [5, 5.41) is 10.9. The predicted molar refractivity (Wildman–Crippen MR) is 82.7 cm³/mol. The van der Waals surface area contributed by atoms with Crippen molar-refractivity contribution in [3.8, 4) is 11.5 Å². The van der Waals surface area contributed by atoms with E-state index in [0.717, 1.165) is 29.9 Å². The van der Waals surface area contributed by atoms with Gasteiger partial charge in [0.2, 0.25) is 0 Å². The molecule has 0 amide bonds. The van der Waals surface area contributed by atoms with E-state index in [9.17, 15) is 5.11 Å². The van der Waals surface area contributed by atoms with Crippen molar-refractivity contribution in [3.05, 3.63) is 23.8 Å². The lowest BCUT2D eigenvalue weighted by molar-refractivity contribution is 0.00372. The standard InChI is InChI=1S/C18H26O3/c1-18(2)9-4-3-6-14(18)17(19)13-7-8-15-16(12-13)21-11-5-10-20-15/h7-8,12,14,17,19H,3-6,9-11H2,1-2H3. The molecule has 2 unspecified atom stereocenters. The summed E-state index contributed by atoms with van der Waals surface area (Å²) in [4.78, 5) is 0. The van der Waals surface area contributed by atoms with E-state index in [0.29, 0.717) is 19.1 Å². The molecule has 1 aromatic carbocycles. The molecule has 2 atom stereocenters. The van der Waals surface area contributed by atoms with E-state index in [1.165, 1.54) is 19.3 Å². The van der Waals surface area contributed by atoms with Crippen molar-refractivity contribution in [2.75, 3.05) is 13.2 Å². The average Bonchev–Trinajstić information content (AvgIpc) is 2.70. The Morgan fingerprint density at radius 2 is 1.86 bits per heavy atom. The number of hydrogen-bond acceptors (Lipinski definition) is 3. The number of hydrogen-bond donors (Lipinski definition) is 1.